The fourth-order valence-electron chi connectivity index (χ4n) is 2.33. The average Bonchev–Trinajstić information content (AvgIpc) is 2.53. The summed E-state index contributed by atoms with van der Waals surface area (Å²) in [5.41, 5.74) is 8.48. The Hall–Kier alpha value is -2.36. The van der Waals surface area contributed by atoms with Crippen LogP contribution in [0.5, 0.6) is 0 Å². The summed E-state index contributed by atoms with van der Waals surface area (Å²) in [7, 11) is 1.83. The Bertz CT molecular complexity index is 612. The summed E-state index contributed by atoms with van der Waals surface area (Å²) in [5, 5.41) is 0. The lowest BCUT2D eigenvalue weighted by molar-refractivity contribution is -0.133. The normalized spacial score (nSPS) is 13.5. The lowest BCUT2D eigenvalue weighted by atomic mass is 9.98. The van der Waals surface area contributed by atoms with Gasteiger partial charge >= 0.3 is 0 Å². The van der Waals surface area contributed by atoms with E-state index in [0.717, 1.165) is 11.1 Å². The highest BCUT2D eigenvalue weighted by Crippen LogP contribution is 2.25. The highest BCUT2D eigenvalue weighted by molar-refractivity contribution is 5.83. The van der Waals surface area contributed by atoms with Gasteiger partial charge in [0.15, 0.2) is 0 Å². The van der Waals surface area contributed by atoms with Crippen LogP contribution in [0.3, 0.4) is 0 Å². The number of benzene rings is 1. The molecule has 1 aromatic heterocycles. The number of nitrogens with two attached hydrogens (primary N) is 1. The minimum Gasteiger partial charge on any atom is -0.399 e. The standard InChI is InChI=1S/C17H21N3O/c1-12(15-5-4-6-16(18)11-15)17(21)20(3)13(2)14-7-9-19-10-8-14/h4-13H,18H2,1-3H3. The molecule has 2 N–H and O–H groups in total. The second kappa shape index (κ2) is 6.39. The smallest absolute Gasteiger partial charge is 0.230 e. The number of hydrogen-bond acceptors (Lipinski definition) is 3. The molecular weight excluding hydrogens is 262 g/mol. The zero-order chi connectivity index (χ0) is 15.4. The van der Waals surface area contributed by atoms with E-state index in [0.29, 0.717) is 5.69 Å². The van der Waals surface area contributed by atoms with Crippen molar-refractivity contribution in [2.24, 2.45) is 0 Å². The Morgan fingerprint density at radius 3 is 2.43 bits per heavy atom. The summed E-state index contributed by atoms with van der Waals surface area (Å²) < 4.78 is 0. The summed E-state index contributed by atoms with van der Waals surface area (Å²) in [5.74, 6) is -0.146. The van der Waals surface area contributed by atoms with E-state index in [4.69, 9.17) is 5.73 Å². The van der Waals surface area contributed by atoms with Gasteiger partial charge in [-0.05, 0) is 49.2 Å². The minimum absolute atomic E-state index is 0.00371. The molecular formula is C17H21N3O. The van der Waals surface area contributed by atoms with Gasteiger partial charge < -0.3 is 10.6 Å². The van der Waals surface area contributed by atoms with Crippen molar-refractivity contribution in [2.75, 3.05) is 12.8 Å². The van der Waals surface area contributed by atoms with Gasteiger partial charge in [0, 0.05) is 25.1 Å². The predicted octanol–water partition coefficient (Wildman–Crippen LogP) is 2.99. The van der Waals surface area contributed by atoms with Crippen molar-refractivity contribution in [1.82, 2.24) is 9.88 Å². The molecule has 4 heteroatoms. The van der Waals surface area contributed by atoms with Gasteiger partial charge in [0.2, 0.25) is 5.91 Å². The number of hydrogen-bond donors (Lipinski definition) is 1. The maximum atomic E-state index is 12.6. The molecule has 0 radical (unpaired) electrons. The number of carbonyl (C=O) groups excluding carboxylic acids is 1. The van der Waals surface area contributed by atoms with Gasteiger partial charge in [0.25, 0.3) is 0 Å². The molecule has 0 saturated carbocycles. The van der Waals surface area contributed by atoms with Gasteiger partial charge in [0.05, 0.1) is 12.0 Å². The molecule has 0 bridgehead atoms. The second-order valence-corrected chi connectivity index (χ2v) is 5.30. The van der Waals surface area contributed by atoms with Crippen molar-refractivity contribution < 1.29 is 4.79 Å². The van der Waals surface area contributed by atoms with Crippen molar-refractivity contribution in [1.29, 1.82) is 0 Å². The third-order valence-corrected chi connectivity index (χ3v) is 3.90. The third-order valence-electron chi connectivity index (χ3n) is 3.90. The van der Waals surface area contributed by atoms with Gasteiger partial charge in [-0.2, -0.15) is 0 Å². The number of pyridine rings is 1. The molecule has 4 nitrogen and oxygen atoms in total. The van der Waals surface area contributed by atoms with Crippen LogP contribution in [-0.2, 0) is 4.79 Å². The van der Waals surface area contributed by atoms with Crippen molar-refractivity contribution in [3.8, 4) is 0 Å². The molecule has 0 aliphatic carbocycles. The van der Waals surface area contributed by atoms with Crippen molar-refractivity contribution in [3.63, 3.8) is 0 Å². The van der Waals surface area contributed by atoms with E-state index in [1.807, 2.05) is 57.3 Å². The zero-order valence-electron chi connectivity index (χ0n) is 12.7. The molecule has 0 saturated heterocycles. The molecule has 0 aliphatic rings. The van der Waals surface area contributed by atoms with Crippen LogP contribution in [-0.4, -0.2) is 22.8 Å². The number of aromatic nitrogens is 1. The van der Waals surface area contributed by atoms with Crippen LogP contribution >= 0.6 is 0 Å². The summed E-state index contributed by atoms with van der Waals surface area (Å²) in [6, 6.07) is 11.4. The highest BCUT2D eigenvalue weighted by Gasteiger charge is 2.23. The fourth-order valence-corrected chi connectivity index (χ4v) is 2.33. The molecule has 2 rings (SSSR count). The summed E-state index contributed by atoms with van der Waals surface area (Å²) in [6.45, 7) is 3.92. The van der Waals surface area contributed by atoms with Crippen LogP contribution in [0, 0.1) is 0 Å². The van der Waals surface area contributed by atoms with E-state index in [2.05, 4.69) is 4.98 Å². The maximum absolute atomic E-state index is 12.6. The molecule has 110 valence electrons. The Kier molecular flexibility index (Phi) is 4.58. The van der Waals surface area contributed by atoms with Crippen LogP contribution in [0.1, 0.15) is 36.9 Å². The Balaban J connectivity index is 2.15. The average molecular weight is 283 g/mol. The minimum atomic E-state index is -0.220. The molecule has 2 unspecified atom stereocenters. The SMILES string of the molecule is CC(C(=O)N(C)C(C)c1ccncc1)c1cccc(N)c1. The number of amides is 1. The van der Waals surface area contributed by atoms with Crippen LogP contribution in [0.15, 0.2) is 48.8 Å². The van der Waals surface area contributed by atoms with E-state index in [9.17, 15) is 4.79 Å². The van der Waals surface area contributed by atoms with Crippen molar-refractivity contribution >= 4 is 11.6 Å². The molecule has 0 aliphatic heterocycles. The quantitative estimate of drug-likeness (QED) is 0.878. The lowest BCUT2D eigenvalue weighted by Crippen LogP contribution is -2.33. The zero-order valence-corrected chi connectivity index (χ0v) is 12.7. The van der Waals surface area contributed by atoms with E-state index in [1.165, 1.54) is 0 Å². The number of likely N-dealkylation sites (N-methyl/N-ethyl adjacent to an activating group) is 1. The molecule has 1 heterocycles. The van der Waals surface area contributed by atoms with Crippen LogP contribution in [0.2, 0.25) is 0 Å². The maximum Gasteiger partial charge on any atom is 0.230 e. The van der Waals surface area contributed by atoms with Gasteiger partial charge in [-0.15, -0.1) is 0 Å². The Morgan fingerprint density at radius 1 is 1.14 bits per heavy atom. The Morgan fingerprint density at radius 2 is 1.81 bits per heavy atom. The molecule has 2 aromatic rings. The van der Waals surface area contributed by atoms with E-state index in [1.54, 1.807) is 17.3 Å². The molecule has 21 heavy (non-hydrogen) atoms. The molecule has 1 amide bonds. The van der Waals surface area contributed by atoms with E-state index in [-0.39, 0.29) is 17.9 Å². The highest BCUT2D eigenvalue weighted by atomic mass is 16.2. The van der Waals surface area contributed by atoms with Crippen LogP contribution in [0.25, 0.3) is 0 Å². The third kappa shape index (κ3) is 3.40. The van der Waals surface area contributed by atoms with Crippen molar-refractivity contribution in [3.05, 3.63) is 59.9 Å². The second-order valence-electron chi connectivity index (χ2n) is 5.30. The lowest BCUT2D eigenvalue weighted by Gasteiger charge is -2.28. The predicted molar refractivity (Wildman–Crippen MR) is 84.7 cm³/mol. The summed E-state index contributed by atoms with van der Waals surface area (Å²) in [6.07, 6.45) is 3.48. The van der Waals surface area contributed by atoms with E-state index >= 15 is 0 Å². The first-order valence-electron chi connectivity index (χ1n) is 7.02. The number of carbonyl (C=O) groups is 1. The van der Waals surface area contributed by atoms with Gasteiger partial charge in [-0.25, -0.2) is 0 Å². The Labute approximate surface area is 125 Å². The topological polar surface area (TPSA) is 59.2 Å². The first-order valence-corrected chi connectivity index (χ1v) is 7.02. The molecule has 0 fully saturated rings. The van der Waals surface area contributed by atoms with E-state index < -0.39 is 0 Å². The van der Waals surface area contributed by atoms with Crippen LogP contribution < -0.4 is 5.73 Å². The number of nitrogen functional groups attached to an aromatic ring is 1. The number of rotatable bonds is 4. The van der Waals surface area contributed by atoms with Crippen LogP contribution in [0.4, 0.5) is 5.69 Å². The first kappa shape index (κ1) is 15.0. The first-order chi connectivity index (χ1) is 10.0. The molecule has 2 atom stereocenters. The summed E-state index contributed by atoms with van der Waals surface area (Å²) >= 11 is 0. The largest absolute Gasteiger partial charge is 0.399 e. The van der Waals surface area contributed by atoms with Gasteiger partial charge in [0.1, 0.15) is 0 Å². The summed E-state index contributed by atoms with van der Waals surface area (Å²) in [4.78, 5) is 18.4. The van der Waals surface area contributed by atoms with Gasteiger partial charge in [-0.1, -0.05) is 12.1 Å². The number of anilines is 1. The number of nitrogens with zero attached hydrogens (tertiary/aromatic N) is 2. The fraction of sp³-hybridized carbons (Fsp3) is 0.294. The molecule has 0 spiro atoms. The molecule has 1 aromatic carbocycles. The van der Waals surface area contributed by atoms with Crippen molar-refractivity contribution in [2.45, 2.75) is 25.8 Å². The monoisotopic (exact) mass is 283 g/mol. The van der Waals surface area contributed by atoms with Gasteiger partial charge in [-0.3, -0.25) is 9.78 Å².